The summed E-state index contributed by atoms with van der Waals surface area (Å²) >= 11 is 0. The maximum Gasteiger partial charge on any atom is 0.422 e. The van der Waals surface area contributed by atoms with Crippen molar-refractivity contribution >= 4 is 6.09 Å². The van der Waals surface area contributed by atoms with Gasteiger partial charge in [-0.05, 0) is 12.8 Å². The Bertz CT molecular complexity index is 166. The number of hydrogen-bond donors (Lipinski definition) is 1. The normalized spacial score (nSPS) is 9.93. The van der Waals surface area contributed by atoms with E-state index in [4.69, 9.17) is 4.74 Å². The molecule has 1 amide bonds. The van der Waals surface area contributed by atoms with Crippen molar-refractivity contribution in [3.05, 3.63) is 12.7 Å². The van der Waals surface area contributed by atoms with Gasteiger partial charge in [-0.1, -0.05) is 26.5 Å². The van der Waals surface area contributed by atoms with Crippen molar-refractivity contribution in [3.63, 3.8) is 0 Å². The second-order valence-corrected chi connectivity index (χ2v) is 2.99. The summed E-state index contributed by atoms with van der Waals surface area (Å²) in [6.07, 6.45) is 3.14. The van der Waals surface area contributed by atoms with Gasteiger partial charge in [-0.2, -0.15) is 0 Å². The summed E-state index contributed by atoms with van der Waals surface area (Å²) in [5.74, 6) is 0. The van der Waals surface area contributed by atoms with E-state index < -0.39 is 6.09 Å². The number of carbonyl (C=O) groups is 1. The summed E-state index contributed by atoms with van der Waals surface area (Å²) in [5, 5.41) is 1.87. The van der Waals surface area contributed by atoms with Crippen LogP contribution in [-0.2, 0) is 4.74 Å². The van der Waals surface area contributed by atoms with Crippen molar-refractivity contribution in [1.82, 2.24) is 10.4 Å². The van der Waals surface area contributed by atoms with Crippen molar-refractivity contribution in [1.29, 1.82) is 0 Å². The van der Waals surface area contributed by atoms with Crippen LogP contribution in [0.2, 0.25) is 0 Å². The fourth-order valence-corrected chi connectivity index (χ4v) is 1.06. The molecular weight excluding hydrogens is 180 g/mol. The first-order valence-corrected chi connectivity index (χ1v) is 5.03. The van der Waals surface area contributed by atoms with E-state index in [0.29, 0.717) is 0 Å². The Kier molecular flexibility index (Phi) is 7.93. The summed E-state index contributed by atoms with van der Waals surface area (Å²) in [4.78, 5) is 11.1. The Morgan fingerprint density at radius 2 is 2.00 bits per heavy atom. The van der Waals surface area contributed by atoms with Crippen LogP contribution in [0.4, 0.5) is 4.79 Å². The van der Waals surface area contributed by atoms with Gasteiger partial charge in [0, 0.05) is 13.1 Å². The second kappa shape index (κ2) is 8.56. The second-order valence-electron chi connectivity index (χ2n) is 2.99. The van der Waals surface area contributed by atoms with E-state index in [1.54, 1.807) is 6.08 Å². The van der Waals surface area contributed by atoms with Crippen LogP contribution in [0.1, 0.15) is 26.7 Å². The molecule has 4 nitrogen and oxygen atoms in total. The summed E-state index contributed by atoms with van der Waals surface area (Å²) in [6, 6.07) is 0. The van der Waals surface area contributed by atoms with Gasteiger partial charge in [0.2, 0.25) is 0 Å². The lowest BCUT2D eigenvalue weighted by molar-refractivity contribution is 0.113. The van der Waals surface area contributed by atoms with Gasteiger partial charge < -0.3 is 4.74 Å². The predicted molar refractivity (Wildman–Crippen MR) is 56.8 cm³/mol. The fraction of sp³-hybridized carbons (Fsp3) is 0.700. The molecule has 0 heterocycles. The highest BCUT2D eigenvalue weighted by atomic mass is 16.6. The van der Waals surface area contributed by atoms with Crippen LogP contribution in [-0.4, -0.2) is 30.8 Å². The average molecular weight is 200 g/mol. The van der Waals surface area contributed by atoms with Crippen LogP contribution in [0, 0.1) is 0 Å². The molecule has 0 unspecified atom stereocenters. The van der Waals surface area contributed by atoms with Gasteiger partial charge in [0.15, 0.2) is 0 Å². The van der Waals surface area contributed by atoms with Crippen LogP contribution in [0.15, 0.2) is 12.7 Å². The van der Waals surface area contributed by atoms with Crippen molar-refractivity contribution in [2.45, 2.75) is 26.7 Å². The third-order valence-corrected chi connectivity index (χ3v) is 1.57. The number of hydrogen-bond acceptors (Lipinski definition) is 3. The molecule has 82 valence electrons. The van der Waals surface area contributed by atoms with E-state index in [2.05, 4.69) is 25.9 Å². The lowest BCUT2D eigenvalue weighted by Crippen LogP contribution is -2.43. The van der Waals surface area contributed by atoms with Gasteiger partial charge in [0.25, 0.3) is 0 Å². The Hall–Kier alpha value is -1.03. The Balaban J connectivity index is 3.76. The zero-order valence-electron chi connectivity index (χ0n) is 9.08. The van der Waals surface area contributed by atoms with Crippen molar-refractivity contribution in [2.24, 2.45) is 0 Å². The average Bonchev–Trinajstić information content (AvgIpc) is 2.15. The molecule has 0 aliphatic heterocycles. The maximum absolute atomic E-state index is 11.1. The molecule has 0 saturated carbocycles. The molecule has 4 heteroatoms. The molecule has 0 saturated heterocycles. The number of nitrogens with zero attached hydrogens (tertiary/aromatic N) is 1. The third kappa shape index (κ3) is 6.48. The van der Waals surface area contributed by atoms with E-state index >= 15 is 0 Å². The van der Waals surface area contributed by atoms with E-state index in [9.17, 15) is 4.79 Å². The van der Waals surface area contributed by atoms with Crippen LogP contribution in [0.25, 0.3) is 0 Å². The van der Waals surface area contributed by atoms with Crippen molar-refractivity contribution in [3.8, 4) is 0 Å². The lowest BCUT2D eigenvalue weighted by atomic mass is 10.4. The quantitative estimate of drug-likeness (QED) is 0.504. The van der Waals surface area contributed by atoms with Crippen molar-refractivity contribution < 1.29 is 9.53 Å². The Labute approximate surface area is 85.9 Å². The van der Waals surface area contributed by atoms with E-state index in [1.807, 2.05) is 5.01 Å². The molecule has 0 aromatic rings. The first-order chi connectivity index (χ1) is 6.74. The predicted octanol–water partition coefficient (Wildman–Crippen LogP) is 1.94. The van der Waals surface area contributed by atoms with Crippen LogP contribution >= 0.6 is 0 Å². The standard InChI is InChI=1S/C10H20N2O2/c1-4-7-12(8-5-2)11-10(13)14-9-6-3/h6H,3-5,7-9H2,1-2H3,(H,11,13). The lowest BCUT2D eigenvalue weighted by Gasteiger charge is -2.21. The van der Waals surface area contributed by atoms with Crippen LogP contribution in [0.3, 0.4) is 0 Å². The van der Waals surface area contributed by atoms with E-state index in [1.165, 1.54) is 0 Å². The molecule has 0 aromatic carbocycles. The fourth-order valence-electron chi connectivity index (χ4n) is 1.06. The minimum Gasteiger partial charge on any atom is -0.444 e. The van der Waals surface area contributed by atoms with Gasteiger partial charge in [-0.15, -0.1) is 0 Å². The topological polar surface area (TPSA) is 41.6 Å². The zero-order chi connectivity index (χ0) is 10.8. The molecular formula is C10H20N2O2. The first-order valence-electron chi connectivity index (χ1n) is 5.03. The molecule has 0 aromatic heterocycles. The molecule has 0 atom stereocenters. The van der Waals surface area contributed by atoms with E-state index in [0.717, 1.165) is 25.9 Å². The number of amides is 1. The van der Waals surface area contributed by atoms with E-state index in [-0.39, 0.29) is 6.61 Å². The molecule has 14 heavy (non-hydrogen) atoms. The minimum absolute atomic E-state index is 0.248. The minimum atomic E-state index is -0.410. The van der Waals surface area contributed by atoms with Crippen molar-refractivity contribution in [2.75, 3.05) is 19.7 Å². The summed E-state index contributed by atoms with van der Waals surface area (Å²) in [7, 11) is 0. The van der Waals surface area contributed by atoms with Gasteiger partial charge in [0.1, 0.15) is 6.61 Å². The summed E-state index contributed by atoms with van der Waals surface area (Å²) < 4.78 is 4.80. The molecule has 0 aliphatic carbocycles. The Morgan fingerprint density at radius 3 is 2.43 bits per heavy atom. The van der Waals surface area contributed by atoms with Gasteiger partial charge >= 0.3 is 6.09 Å². The number of ether oxygens (including phenoxy) is 1. The molecule has 0 spiro atoms. The molecule has 0 rings (SSSR count). The number of nitrogens with one attached hydrogen (secondary N) is 1. The smallest absolute Gasteiger partial charge is 0.422 e. The van der Waals surface area contributed by atoms with Crippen LogP contribution < -0.4 is 5.43 Å². The maximum atomic E-state index is 11.1. The third-order valence-electron chi connectivity index (χ3n) is 1.57. The molecule has 0 aliphatic rings. The summed E-state index contributed by atoms with van der Waals surface area (Å²) in [6.45, 7) is 9.54. The van der Waals surface area contributed by atoms with Gasteiger partial charge in [0.05, 0.1) is 0 Å². The SMILES string of the molecule is C=CCOC(=O)NN(CCC)CCC. The highest BCUT2D eigenvalue weighted by Gasteiger charge is 2.06. The summed E-state index contributed by atoms with van der Waals surface area (Å²) in [5.41, 5.74) is 2.68. The zero-order valence-corrected chi connectivity index (χ0v) is 9.08. The Morgan fingerprint density at radius 1 is 1.43 bits per heavy atom. The largest absolute Gasteiger partial charge is 0.444 e. The highest BCUT2D eigenvalue weighted by Crippen LogP contribution is 1.90. The number of rotatable bonds is 7. The first kappa shape index (κ1) is 13.0. The molecule has 0 radical (unpaired) electrons. The number of hydrazine groups is 1. The molecule has 0 bridgehead atoms. The van der Waals surface area contributed by atoms with Gasteiger partial charge in [-0.3, -0.25) is 5.43 Å². The van der Waals surface area contributed by atoms with Gasteiger partial charge in [-0.25, -0.2) is 9.80 Å². The highest BCUT2D eigenvalue weighted by molar-refractivity contribution is 5.66. The molecule has 0 fully saturated rings. The number of carbonyl (C=O) groups excluding carboxylic acids is 1. The van der Waals surface area contributed by atoms with Crippen LogP contribution in [0.5, 0.6) is 0 Å². The monoisotopic (exact) mass is 200 g/mol. The molecule has 1 N–H and O–H groups in total.